The molecule has 23 heavy (non-hydrogen) atoms. The Bertz CT molecular complexity index is 614. The van der Waals surface area contributed by atoms with E-state index in [-0.39, 0.29) is 6.61 Å². The van der Waals surface area contributed by atoms with Gasteiger partial charge in [-0.05, 0) is 26.3 Å². The van der Waals surface area contributed by atoms with E-state index in [0.717, 1.165) is 11.3 Å². The molecular weight excluding hydrogens is 294 g/mol. The number of hydrogen-bond donors (Lipinski definition) is 0. The molecule has 0 fully saturated rings. The lowest BCUT2D eigenvalue weighted by atomic mass is 10.2. The van der Waals surface area contributed by atoms with Crippen molar-refractivity contribution in [3.8, 4) is 0 Å². The highest BCUT2D eigenvalue weighted by molar-refractivity contribution is 5.88. The van der Waals surface area contributed by atoms with Gasteiger partial charge in [0.2, 0.25) is 0 Å². The SMILES string of the molecule is CC1=[N+](C(=O)OC(C)(C)C)[C@H](C(=O)OCc2ccccc2)CC1. The van der Waals surface area contributed by atoms with Crippen LogP contribution in [0.2, 0.25) is 0 Å². The molecule has 0 saturated carbocycles. The van der Waals surface area contributed by atoms with Gasteiger partial charge in [-0.2, -0.15) is 4.79 Å². The molecule has 1 atom stereocenters. The normalized spacial score (nSPS) is 18.0. The van der Waals surface area contributed by atoms with Crippen molar-refractivity contribution in [1.82, 2.24) is 0 Å². The first-order valence-electron chi connectivity index (χ1n) is 7.83. The molecule has 1 aromatic carbocycles. The van der Waals surface area contributed by atoms with E-state index in [0.29, 0.717) is 12.8 Å². The predicted molar refractivity (Wildman–Crippen MR) is 86.4 cm³/mol. The molecule has 0 spiro atoms. The maximum absolute atomic E-state index is 12.4. The van der Waals surface area contributed by atoms with Crippen LogP contribution in [0, 0.1) is 0 Å². The highest BCUT2D eigenvalue weighted by Gasteiger charge is 2.45. The molecule has 5 nitrogen and oxygen atoms in total. The van der Waals surface area contributed by atoms with E-state index >= 15 is 0 Å². The average Bonchev–Trinajstić information content (AvgIpc) is 2.86. The van der Waals surface area contributed by atoms with Gasteiger partial charge in [-0.1, -0.05) is 30.3 Å². The number of carbonyl (C=O) groups excluding carboxylic acids is 2. The highest BCUT2D eigenvalue weighted by atomic mass is 16.6. The van der Waals surface area contributed by atoms with Crippen molar-refractivity contribution < 1.29 is 23.6 Å². The fourth-order valence-corrected chi connectivity index (χ4v) is 2.50. The van der Waals surface area contributed by atoms with Crippen molar-refractivity contribution in [2.45, 2.75) is 58.8 Å². The largest absolute Gasteiger partial charge is 0.597 e. The fourth-order valence-electron chi connectivity index (χ4n) is 2.50. The zero-order chi connectivity index (χ0) is 17.0. The second-order valence-electron chi connectivity index (χ2n) is 6.73. The number of hydrogen-bond acceptors (Lipinski definition) is 4. The molecule has 1 heterocycles. The molecule has 0 aromatic heterocycles. The summed E-state index contributed by atoms with van der Waals surface area (Å²) in [5.74, 6) is -0.392. The van der Waals surface area contributed by atoms with Gasteiger partial charge in [0.1, 0.15) is 12.2 Å². The van der Waals surface area contributed by atoms with Gasteiger partial charge in [-0.25, -0.2) is 4.79 Å². The molecule has 1 aliphatic rings. The van der Waals surface area contributed by atoms with Gasteiger partial charge in [0.05, 0.1) is 0 Å². The first-order valence-corrected chi connectivity index (χ1v) is 7.83. The zero-order valence-corrected chi connectivity index (χ0v) is 14.2. The van der Waals surface area contributed by atoms with Crippen molar-refractivity contribution in [3.63, 3.8) is 0 Å². The molecule has 0 saturated heterocycles. The number of nitrogens with zero attached hydrogens (tertiary/aromatic N) is 1. The standard InChI is InChI=1S/C18H24NO4/c1-13-10-11-15(19(13)17(21)23-18(2,3)4)16(20)22-12-14-8-6-5-7-9-14/h5-9,15H,10-12H2,1-4H3/q+1/t15-/m0/s1. The van der Waals surface area contributed by atoms with Crippen molar-refractivity contribution in [2.24, 2.45) is 0 Å². The summed E-state index contributed by atoms with van der Waals surface area (Å²) in [6.45, 7) is 7.46. The van der Waals surface area contributed by atoms with Crippen molar-refractivity contribution in [3.05, 3.63) is 35.9 Å². The minimum Gasteiger partial charge on any atom is -0.456 e. The number of amides is 1. The molecule has 1 aliphatic heterocycles. The van der Waals surface area contributed by atoms with Crippen LogP contribution in [0.5, 0.6) is 0 Å². The van der Waals surface area contributed by atoms with E-state index in [1.807, 2.05) is 37.3 Å². The monoisotopic (exact) mass is 318 g/mol. The van der Waals surface area contributed by atoms with Crippen LogP contribution in [0.25, 0.3) is 0 Å². The van der Waals surface area contributed by atoms with Crippen molar-refractivity contribution in [2.75, 3.05) is 0 Å². The summed E-state index contributed by atoms with van der Waals surface area (Å²) < 4.78 is 12.2. The summed E-state index contributed by atoms with van der Waals surface area (Å²) in [6.07, 6.45) is 0.762. The smallest absolute Gasteiger partial charge is 0.456 e. The molecule has 0 unspecified atom stereocenters. The lowest BCUT2D eigenvalue weighted by Gasteiger charge is -2.18. The molecule has 1 amide bonds. The Morgan fingerprint density at radius 1 is 1.22 bits per heavy atom. The summed E-state index contributed by atoms with van der Waals surface area (Å²) in [4.78, 5) is 24.7. The van der Waals surface area contributed by atoms with E-state index in [9.17, 15) is 9.59 Å². The third kappa shape index (κ3) is 4.65. The molecule has 0 N–H and O–H groups in total. The molecule has 0 aliphatic carbocycles. The molecule has 0 radical (unpaired) electrons. The van der Waals surface area contributed by atoms with Crippen molar-refractivity contribution in [1.29, 1.82) is 0 Å². The topological polar surface area (TPSA) is 55.6 Å². The number of benzene rings is 1. The lowest BCUT2D eigenvalue weighted by molar-refractivity contribution is -0.473. The molecule has 2 rings (SSSR count). The Kier molecular flexibility index (Phi) is 5.19. The van der Waals surface area contributed by atoms with Gasteiger partial charge in [-0.3, -0.25) is 0 Å². The predicted octanol–water partition coefficient (Wildman–Crippen LogP) is 3.30. The van der Waals surface area contributed by atoms with Gasteiger partial charge >= 0.3 is 12.1 Å². The van der Waals surface area contributed by atoms with Crippen molar-refractivity contribution >= 4 is 17.8 Å². The van der Waals surface area contributed by atoms with Crippen LogP contribution in [-0.2, 0) is 20.9 Å². The summed E-state index contributed by atoms with van der Waals surface area (Å²) in [7, 11) is 0. The Morgan fingerprint density at radius 2 is 1.87 bits per heavy atom. The lowest BCUT2D eigenvalue weighted by Crippen LogP contribution is -2.40. The summed E-state index contributed by atoms with van der Waals surface area (Å²) >= 11 is 0. The third-order valence-corrected chi connectivity index (χ3v) is 3.59. The Labute approximate surface area is 136 Å². The number of rotatable bonds is 3. The van der Waals surface area contributed by atoms with Crippen LogP contribution in [0.15, 0.2) is 30.3 Å². The van der Waals surface area contributed by atoms with Gasteiger partial charge in [0.25, 0.3) is 6.04 Å². The second-order valence-corrected chi connectivity index (χ2v) is 6.73. The van der Waals surface area contributed by atoms with Gasteiger partial charge < -0.3 is 9.47 Å². The molecular formula is C18H24NO4+. The molecule has 1 aromatic rings. The van der Waals surface area contributed by atoms with Gasteiger partial charge in [0.15, 0.2) is 5.71 Å². The van der Waals surface area contributed by atoms with E-state index in [1.54, 1.807) is 20.8 Å². The number of ether oxygens (including phenoxy) is 2. The Morgan fingerprint density at radius 3 is 2.48 bits per heavy atom. The first-order chi connectivity index (χ1) is 10.8. The zero-order valence-electron chi connectivity index (χ0n) is 14.2. The van der Waals surface area contributed by atoms with Crippen LogP contribution in [0.3, 0.4) is 0 Å². The van der Waals surface area contributed by atoms with Crippen LogP contribution in [0.1, 0.15) is 46.1 Å². The maximum atomic E-state index is 12.4. The van der Waals surface area contributed by atoms with E-state index in [2.05, 4.69) is 0 Å². The first kappa shape index (κ1) is 17.2. The number of esters is 1. The van der Waals surface area contributed by atoms with E-state index in [1.165, 1.54) is 4.58 Å². The third-order valence-electron chi connectivity index (χ3n) is 3.59. The van der Waals surface area contributed by atoms with Gasteiger partial charge in [0, 0.05) is 19.8 Å². The quantitative estimate of drug-likeness (QED) is 0.634. The second kappa shape index (κ2) is 6.94. The summed E-state index contributed by atoms with van der Waals surface area (Å²) in [5.41, 5.74) is 1.16. The van der Waals surface area contributed by atoms with E-state index < -0.39 is 23.7 Å². The molecule has 124 valence electrons. The van der Waals surface area contributed by atoms with E-state index in [4.69, 9.17) is 9.47 Å². The average molecular weight is 318 g/mol. The van der Waals surface area contributed by atoms with Crippen LogP contribution < -0.4 is 0 Å². The van der Waals surface area contributed by atoms with Crippen LogP contribution >= 0.6 is 0 Å². The van der Waals surface area contributed by atoms with Crippen LogP contribution in [-0.4, -0.2) is 34.0 Å². The molecule has 5 heteroatoms. The fraction of sp³-hybridized carbons (Fsp3) is 0.500. The summed E-state index contributed by atoms with van der Waals surface area (Å²) in [6, 6.07) is 8.88. The van der Waals surface area contributed by atoms with Gasteiger partial charge in [-0.15, -0.1) is 4.58 Å². The van der Waals surface area contributed by atoms with Crippen LogP contribution in [0.4, 0.5) is 4.79 Å². The Hall–Kier alpha value is -2.17. The minimum absolute atomic E-state index is 0.206. The Balaban J connectivity index is 2.03. The number of carbonyl (C=O) groups is 2. The minimum atomic E-state index is -0.603. The molecule has 0 bridgehead atoms. The highest BCUT2D eigenvalue weighted by Crippen LogP contribution is 2.19. The maximum Gasteiger partial charge on any atom is 0.597 e. The summed E-state index contributed by atoms with van der Waals surface area (Å²) in [5, 5.41) is 0.